The first-order chi connectivity index (χ1) is 7.68. The number of carbonyl (C=O) groups excluding carboxylic acids is 1. The van der Waals surface area contributed by atoms with Gasteiger partial charge in [0.25, 0.3) is 5.91 Å². The molecule has 0 unspecified atom stereocenters. The summed E-state index contributed by atoms with van der Waals surface area (Å²) in [5.74, 6) is -0.119. The highest BCUT2D eigenvalue weighted by Crippen LogP contribution is 2.16. The summed E-state index contributed by atoms with van der Waals surface area (Å²) in [6.07, 6.45) is 1.66. The van der Waals surface area contributed by atoms with Crippen molar-refractivity contribution in [3.8, 4) is 0 Å². The third kappa shape index (κ3) is 2.03. The van der Waals surface area contributed by atoms with E-state index in [1.807, 2.05) is 44.2 Å². The fraction of sp³-hybridized carbons (Fsp3) is 0.231. The highest BCUT2D eigenvalue weighted by atomic mass is 16.1. The molecule has 16 heavy (non-hydrogen) atoms. The van der Waals surface area contributed by atoms with E-state index in [0.717, 1.165) is 10.8 Å². The SMILES string of the molecule is CC(C)NC(=O)c1nccc2ccccc12. The molecule has 0 saturated heterocycles. The van der Waals surface area contributed by atoms with E-state index >= 15 is 0 Å². The normalized spacial score (nSPS) is 10.7. The lowest BCUT2D eigenvalue weighted by atomic mass is 10.1. The van der Waals surface area contributed by atoms with E-state index < -0.39 is 0 Å². The van der Waals surface area contributed by atoms with Gasteiger partial charge in [0.15, 0.2) is 0 Å². The third-order valence-electron chi connectivity index (χ3n) is 2.31. The van der Waals surface area contributed by atoms with Crippen LogP contribution in [0.2, 0.25) is 0 Å². The lowest BCUT2D eigenvalue weighted by molar-refractivity contribution is 0.0940. The van der Waals surface area contributed by atoms with E-state index in [4.69, 9.17) is 0 Å². The maximum atomic E-state index is 11.9. The average Bonchev–Trinajstić information content (AvgIpc) is 2.27. The average molecular weight is 214 g/mol. The lowest BCUT2D eigenvalue weighted by Gasteiger charge is -2.09. The van der Waals surface area contributed by atoms with Gasteiger partial charge >= 0.3 is 0 Å². The van der Waals surface area contributed by atoms with Crippen molar-refractivity contribution in [1.29, 1.82) is 0 Å². The molecule has 0 aliphatic carbocycles. The Morgan fingerprint density at radius 3 is 2.75 bits per heavy atom. The zero-order valence-electron chi connectivity index (χ0n) is 9.40. The predicted molar refractivity (Wildman–Crippen MR) is 64.3 cm³/mol. The molecule has 0 spiro atoms. The second-order valence-electron chi connectivity index (χ2n) is 4.01. The molecule has 0 radical (unpaired) electrons. The highest BCUT2D eigenvalue weighted by molar-refractivity contribution is 6.05. The van der Waals surface area contributed by atoms with Gasteiger partial charge in [-0.25, -0.2) is 0 Å². The summed E-state index contributed by atoms with van der Waals surface area (Å²) in [5, 5.41) is 4.78. The molecule has 0 aliphatic rings. The number of rotatable bonds is 2. The molecule has 0 bridgehead atoms. The number of hydrogen-bond donors (Lipinski definition) is 1. The van der Waals surface area contributed by atoms with Gasteiger partial charge in [0, 0.05) is 17.6 Å². The monoisotopic (exact) mass is 214 g/mol. The summed E-state index contributed by atoms with van der Waals surface area (Å²) in [7, 11) is 0. The molecule has 1 aromatic heterocycles. The van der Waals surface area contributed by atoms with Crippen LogP contribution in [-0.2, 0) is 0 Å². The molecule has 2 aromatic rings. The summed E-state index contributed by atoms with van der Waals surface area (Å²) in [6.45, 7) is 3.87. The molecule has 2 rings (SSSR count). The minimum atomic E-state index is -0.119. The van der Waals surface area contributed by atoms with E-state index in [1.165, 1.54) is 0 Å². The van der Waals surface area contributed by atoms with Gasteiger partial charge < -0.3 is 5.32 Å². The second kappa shape index (κ2) is 4.31. The minimum absolute atomic E-state index is 0.119. The van der Waals surface area contributed by atoms with Crippen LogP contribution in [0.25, 0.3) is 10.8 Å². The topological polar surface area (TPSA) is 42.0 Å². The van der Waals surface area contributed by atoms with Crippen LogP contribution in [-0.4, -0.2) is 16.9 Å². The number of nitrogens with zero attached hydrogens (tertiary/aromatic N) is 1. The zero-order valence-corrected chi connectivity index (χ0v) is 9.40. The summed E-state index contributed by atoms with van der Waals surface area (Å²) >= 11 is 0. The Balaban J connectivity index is 2.48. The van der Waals surface area contributed by atoms with Crippen molar-refractivity contribution in [1.82, 2.24) is 10.3 Å². The second-order valence-corrected chi connectivity index (χ2v) is 4.01. The summed E-state index contributed by atoms with van der Waals surface area (Å²) in [5.41, 5.74) is 0.492. The molecule has 0 saturated carbocycles. The Morgan fingerprint density at radius 1 is 1.25 bits per heavy atom. The predicted octanol–water partition coefficient (Wildman–Crippen LogP) is 2.37. The Morgan fingerprint density at radius 2 is 2.00 bits per heavy atom. The molecule has 82 valence electrons. The number of amides is 1. The van der Waals surface area contributed by atoms with Crippen LogP contribution in [0.3, 0.4) is 0 Å². The van der Waals surface area contributed by atoms with Gasteiger partial charge in [0.05, 0.1) is 0 Å². The smallest absolute Gasteiger partial charge is 0.270 e. The maximum Gasteiger partial charge on any atom is 0.270 e. The molecular formula is C13H14N2O. The first kappa shape index (κ1) is 10.6. The van der Waals surface area contributed by atoms with Gasteiger partial charge in [-0.1, -0.05) is 24.3 Å². The van der Waals surface area contributed by atoms with E-state index in [2.05, 4.69) is 10.3 Å². The number of aromatic nitrogens is 1. The van der Waals surface area contributed by atoms with Crippen LogP contribution < -0.4 is 5.32 Å². The van der Waals surface area contributed by atoms with Crippen molar-refractivity contribution < 1.29 is 4.79 Å². The molecule has 3 heteroatoms. The molecule has 0 fully saturated rings. The first-order valence-electron chi connectivity index (χ1n) is 5.33. The van der Waals surface area contributed by atoms with Crippen molar-refractivity contribution >= 4 is 16.7 Å². The van der Waals surface area contributed by atoms with Gasteiger partial charge in [0.2, 0.25) is 0 Å². The number of carbonyl (C=O) groups is 1. The summed E-state index contributed by atoms with van der Waals surface area (Å²) in [6, 6.07) is 9.78. The van der Waals surface area contributed by atoms with Gasteiger partial charge in [-0.2, -0.15) is 0 Å². The molecule has 1 amide bonds. The highest BCUT2D eigenvalue weighted by Gasteiger charge is 2.11. The zero-order chi connectivity index (χ0) is 11.5. The van der Waals surface area contributed by atoms with Crippen LogP contribution in [0.1, 0.15) is 24.3 Å². The van der Waals surface area contributed by atoms with Crippen LogP contribution in [0.4, 0.5) is 0 Å². The minimum Gasteiger partial charge on any atom is -0.349 e. The van der Waals surface area contributed by atoms with Crippen molar-refractivity contribution in [3.63, 3.8) is 0 Å². The van der Waals surface area contributed by atoms with Crippen LogP contribution in [0.5, 0.6) is 0 Å². The van der Waals surface area contributed by atoms with Gasteiger partial charge in [-0.05, 0) is 25.3 Å². The van der Waals surface area contributed by atoms with E-state index in [9.17, 15) is 4.79 Å². The van der Waals surface area contributed by atoms with Crippen molar-refractivity contribution in [3.05, 3.63) is 42.2 Å². The summed E-state index contributed by atoms with van der Waals surface area (Å²) < 4.78 is 0. The van der Waals surface area contributed by atoms with Crippen LogP contribution in [0.15, 0.2) is 36.5 Å². The number of benzene rings is 1. The molecule has 3 nitrogen and oxygen atoms in total. The summed E-state index contributed by atoms with van der Waals surface area (Å²) in [4.78, 5) is 16.0. The van der Waals surface area contributed by atoms with E-state index in [-0.39, 0.29) is 11.9 Å². The lowest BCUT2D eigenvalue weighted by Crippen LogP contribution is -2.30. The Kier molecular flexibility index (Phi) is 2.86. The van der Waals surface area contributed by atoms with Gasteiger partial charge in [0.1, 0.15) is 5.69 Å². The Bertz CT molecular complexity index is 515. The van der Waals surface area contributed by atoms with Gasteiger partial charge in [-0.3, -0.25) is 9.78 Å². The Labute approximate surface area is 94.5 Å². The van der Waals surface area contributed by atoms with E-state index in [1.54, 1.807) is 6.20 Å². The number of pyridine rings is 1. The largest absolute Gasteiger partial charge is 0.349 e. The molecule has 1 N–H and O–H groups in total. The molecule has 0 aliphatic heterocycles. The number of hydrogen-bond acceptors (Lipinski definition) is 2. The molecule has 1 heterocycles. The molecular weight excluding hydrogens is 200 g/mol. The third-order valence-corrected chi connectivity index (χ3v) is 2.31. The fourth-order valence-electron chi connectivity index (χ4n) is 1.63. The van der Waals surface area contributed by atoms with Crippen LogP contribution >= 0.6 is 0 Å². The van der Waals surface area contributed by atoms with Crippen molar-refractivity contribution in [2.75, 3.05) is 0 Å². The van der Waals surface area contributed by atoms with Gasteiger partial charge in [-0.15, -0.1) is 0 Å². The van der Waals surface area contributed by atoms with Crippen LogP contribution in [0, 0.1) is 0 Å². The Hall–Kier alpha value is -1.90. The number of fused-ring (bicyclic) bond motifs is 1. The van der Waals surface area contributed by atoms with Crippen molar-refractivity contribution in [2.24, 2.45) is 0 Å². The standard InChI is InChI=1S/C13H14N2O/c1-9(2)15-13(16)12-11-6-4-3-5-10(11)7-8-14-12/h3-9H,1-2H3,(H,15,16). The van der Waals surface area contributed by atoms with E-state index in [0.29, 0.717) is 5.69 Å². The molecule has 0 atom stereocenters. The van der Waals surface area contributed by atoms with Crippen molar-refractivity contribution in [2.45, 2.75) is 19.9 Å². The quantitative estimate of drug-likeness (QED) is 0.833. The number of nitrogens with one attached hydrogen (secondary N) is 1. The first-order valence-corrected chi connectivity index (χ1v) is 5.33. The maximum absolute atomic E-state index is 11.9. The molecule has 1 aromatic carbocycles. The fourth-order valence-corrected chi connectivity index (χ4v) is 1.63.